The lowest BCUT2D eigenvalue weighted by Gasteiger charge is -2.38. The van der Waals surface area contributed by atoms with Crippen molar-refractivity contribution in [3.05, 3.63) is 29.8 Å². The zero-order valence-corrected chi connectivity index (χ0v) is 22.9. The fourth-order valence-corrected chi connectivity index (χ4v) is 6.31. The van der Waals surface area contributed by atoms with Gasteiger partial charge < -0.3 is 19.9 Å². The molecule has 3 fully saturated rings. The van der Waals surface area contributed by atoms with Crippen LogP contribution in [0, 0.1) is 5.92 Å². The quantitative estimate of drug-likeness (QED) is 0.568. The molecule has 0 bridgehead atoms. The number of thioether (sulfide) groups is 1. The van der Waals surface area contributed by atoms with Gasteiger partial charge in [-0.25, -0.2) is 0 Å². The number of carbonyl (C=O) groups excluding carboxylic acids is 3. The van der Waals surface area contributed by atoms with Crippen LogP contribution in [0.4, 0.5) is 5.69 Å². The second-order valence-electron chi connectivity index (χ2n) is 10.8. The van der Waals surface area contributed by atoms with Gasteiger partial charge in [-0.2, -0.15) is 11.8 Å². The maximum Gasteiger partial charge on any atom is 0.251 e. The number of ketones is 1. The van der Waals surface area contributed by atoms with E-state index in [0.717, 1.165) is 31.9 Å². The molecule has 2 amide bonds. The first-order valence-corrected chi connectivity index (χ1v) is 14.4. The van der Waals surface area contributed by atoms with Crippen LogP contribution in [0.15, 0.2) is 24.3 Å². The van der Waals surface area contributed by atoms with E-state index in [1.165, 1.54) is 0 Å². The van der Waals surface area contributed by atoms with Crippen LogP contribution in [0.1, 0.15) is 44.5 Å². The second-order valence-corrected chi connectivity index (χ2v) is 11.8. The fourth-order valence-electron chi connectivity index (χ4n) is 5.50. The van der Waals surface area contributed by atoms with E-state index < -0.39 is 12.1 Å². The summed E-state index contributed by atoms with van der Waals surface area (Å²) >= 11 is 1.62. The van der Waals surface area contributed by atoms with Crippen molar-refractivity contribution in [2.45, 2.75) is 63.6 Å². The number of piperazine rings is 1. The molecule has 1 unspecified atom stereocenters. The number of amides is 2. The SMILES string of the molecule is CS[C@H]1CN(C(=O)C(CC(C)C)NC(=O)c2ccc(N3CCN(C(C)C)CC3)cc2)[C@@H]2C(=O)CO[C@H]12. The minimum atomic E-state index is -0.684. The normalized spacial score (nSPS) is 25.5. The molecule has 198 valence electrons. The monoisotopic (exact) mass is 516 g/mol. The highest BCUT2D eigenvalue weighted by atomic mass is 32.2. The van der Waals surface area contributed by atoms with Crippen LogP contribution < -0.4 is 10.2 Å². The molecule has 3 aliphatic rings. The number of hydrogen-bond acceptors (Lipinski definition) is 7. The number of likely N-dealkylation sites (tertiary alicyclic amines) is 1. The van der Waals surface area contributed by atoms with Gasteiger partial charge in [0.05, 0.1) is 11.4 Å². The summed E-state index contributed by atoms with van der Waals surface area (Å²) in [5, 5.41) is 3.04. The minimum absolute atomic E-state index is 0.0515. The summed E-state index contributed by atoms with van der Waals surface area (Å²) in [4.78, 5) is 45.8. The molecule has 36 heavy (non-hydrogen) atoms. The van der Waals surface area contributed by atoms with Crippen molar-refractivity contribution >= 4 is 35.0 Å². The van der Waals surface area contributed by atoms with Gasteiger partial charge in [0, 0.05) is 50.0 Å². The Labute approximate surface area is 219 Å². The summed E-state index contributed by atoms with van der Waals surface area (Å²) in [6.45, 7) is 13.0. The summed E-state index contributed by atoms with van der Waals surface area (Å²) in [6, 6.07) is 6.97. The summed E-state index contributed by atoms with van der Waals surface area (Å²) in [6.07, 6.45) is 2.22. The van der Waals surface area contributed by atoms with Crippen LogP contribution in [0.5, 0.6) is 0 Å². The Morgan fingerprint density at radius 1 is 1.08 bits per heavy atom. The molecule has 4 atom stereocenters. The fraction of sp³-hybridized carbons (Fsp3) is 0.667. The predicted molar refractivity (Wildman–Crippen MR) is 144 cm³/mol. The summed E-state index contributed by atoms with van der Waals surface area (Å²) in [7, 11) is 0. The van der Waals surface area contributed by atoms with E-state index in [2.05, 4.69) is 29.0 Å². The molecule has 3 heterocycles. The maximum absolute atomic E-state index is 13.6. The Balaban J connectivity index is 1.42. The number of carbonyl (C=O) groups is 3. The summed E-state index contributed by atoms with van der Waals surface area (Å²) < 4.78 is 5.70. The van der Waals surface area contributed by atoms with Gasteiger partial charge in [0.15, 0.2) is 5.78 Å². The Kier molecular flexibility index (Phi) is 8.63. The van der Waals surface area contributed by atoms with Crippen molar-refractivity contribution in [2.24, 2.45) is 5.92 Å². The molecule has 1 N–H and O–H groups in total. The first-order valence-electron chi connectivity index (χ1n) is 13.1. The standard InChI is InChI=1S/C27H40N4O4S/c1-17(2)14-21(27(34)31-15-23(36-5)25-24(31)22(32)16-35-25)28-26(33)19-6-8-20(9-7-19)30-12-10-29(11-13-30)18(3)4/h6-9,17-18,21,23-25H,10-16H2,1-5H3,(H,28,33)/t21?,23-,24+,25+/m0/s1. The number of hydrogen-bond donors (Lipinski definition) is 1. The lowest BCUT2D eigenvalue weighted by atomic mass is 10.0. The van der Waals surface area contributed by atoms with Crippen molar-refractivity contribution in [1.82, 2.24) is 15.1 Å². The summed E-state index contributed by atoms with van der Waals surface area (Å²) in [5.41, 5.74) is 1.64. The summed E-state index contributed by atoms with van der Waals surface area (Å²) in [5.74, 6) is -0.306. The molecule has 9 heteroatoms. The third-order valence-electron chi connectivity index (χ3n) is 7.57. The molecule has 0 radical (unpaired) electrons. The Morgan fingerprint density at radius 2 is 1.75 bits per heavy atom. The van der Waals surface area contributed by atoms with Crippen LogP contribution in [0.25, 0.3) is 0 Å². The van der Waals surface area contributed by atoms with E-state index in [9.17, 15) is 14.4 Å². The van der Waals surface area contributed by atoms with Crippen molar-refractivity contribution in [3.8, 4) is 0 Å². The van der Waals surface area contributed by atoms with Gasteiger partial charge in [0.2, 0.25) is 5.91 Å². The number of benzene rings is 1. The van der Waals surface area contributed by atoms with Gasteiger partial charge in [0.25, 0.3) is 5.91 Å². The van der Waals surface area contributed by atoms with Crippen LogP contribution in [-0.2, 0) is 14.3 Å². The minimum Gasteiger partial charge on any atom is -0.369 e. The van der Waals surface area contributed by atoms with E-state index >= 15 is 0 Å². The van der Waals surface area contributed by atoms with Crippen molar-refractivity contribution < 1.29 is 19.1 Å². The third-order valence-corrected chi connectivity index (χ3v) is 8.60. The molecule has 1 aromatic rings. The average Bonchev–Trinajstić information content (AvgIpc) is 3.43. The zero-order chi connectivity index (χ0) is 26.0. The maximum atomic E-state index is 13.6. The predicted octanol–water partition coefficient (Wildman–Crippen LogP) is 2.27. The molecule has 8 nitrogen and oxygen atoms in total. The van der Waals surface area contributed by atoms with E-state index in [1.807, 2.05) is 44.4 Å². The molecule has 3 saturated heterocycles. The molecule has 0 spiro atoms. The number of rotatable bonds is 8. The smallest absolute Gasteiger partial charge is 0.251 e. The topological polar surface area (TPSA) is 82.2 Å². The first-order chi connectivity index (χ1) is 17.2. The number of ether oxygens (including phenoxy) is 1. The molecule has 0 aliphatic carbocycles. The molecule has 3 aliphatic heterocycles. The highest BCUT2D eigenvalue weighted by molar-refractivity contribution is 7.99. The molecular formula is C27H40N4O4S. The van der Waals surface area contributed by atoms with E-state index in [4.69, 9.17) is 4.74 Å². The van der Waals surface area contributed by atoms with E-state index in [0.29, 0.717) is 24.6 Å². The van der Waals surface area contributed by atoms with Gasteiger partial charge in [-0.05, 0) is 56.7 Å². The van der Waals surface area contributed by atoms with Crippen LogP contribution in [0.2, 0.25) is 0 Å². The van der Waals surface area contributed by atoms with Gasteiger partial charge in [-0.1, -0.05) is 13.8 Å². The van der Waals surface area contributed by atoms with Gasteiger partial charge in [-0.3, -0.25) is 19.3 Å². The molecule has 0 saturated carbocycles. The van der Waals surface area contributed by atoms with Crippen molar-refractivity contribution in [3.63, 3.8) is 0 Å². The number of Topliss-reactive ketones (excluding diaryl/α,β-unsaturated/α-hetero) is 1. The van der Waals surface area contributed by atoms with Crippen LogP contribution >= 0.6 is 11.8 Å². The van der Waals surface area contributed by atoms with E-state index in [-0.39, 0.29) is 41.5 Å². The molecule has 1 aromatic carbocycles. The highest BCUT2D eigenvalue weighted by Crippen LogP contribution is 2.34. The van der Waals surface area contributed by atoms with E-state index in [1.54, 1.807) is 16.7 Å². The number of nitrogens with zero attached hydrogens (tertiary/aromatic N) is 3. The number of fused-ring (bicyclic) bond motifs is 1. The lowest BCUT2D eigenvalue weighted by Crippen LogP contribution is -2.52. The van der Waals surface area contributed by atoms with Gasteiger partial charge in [-0.15, -0.1) is 0 Å². The molecule has 0 aromatic heterocycles. The lowest BCUT2D eigenvalue weighted by molar-refractivity contribution is -0.138. The van der Waals surface area contributed by atoms with Crippen LogP contribution in [-0.4, -0.2) is 102 Å². The van der Waals surface area contributed by atoms with Gasteiger partial charge >= 0.3 is 0 Å². The third kappa shape index (κ3) is 5.73. The highest BCUT2D eigenvalue weighted by Gasteiger charge is 2.52. The Hall–Kier alpha value is -2.10. The van der Waals surface area contributed by atoms with Crippen LogP contribution in [0.3, 0.4) is 0 Å². The number of anilines is 1. The Bertz CT molecular complexity index is 946. The average molecular weight is 517 g/mol. The van der Waals surface area contributed by atoms with Crippen molar-refractivity contribution in [2.75, 3.05) is 50.5 Å². The number of nitrogens with one attached hydrogen (secondary N) is 1. The molecular weight excluding hydrogens is 476 g/mol. The second kappa shape index (κ2) is 11.5. The van der Waals surface area contributed by atoms with Crippen molar-refractivity contribution in [1.29, 1.82) is 0 Å². The molecule has 4 rings (SSSR count). The Morgan fingerprint density at radius 3 is 2.33 bits per heavy atom. The van der Waals surface area contributed by atoms with Gasteiger partial charge in [0.1, 0.15) is 18.7 Å². The largest absolute Gasteiger partial charge is 0.369 e. The zero-order valence-electron chi connectivity index (χ0n) is 22.1. The first kappa shape index (κ1) is 26.9.